The van der Waals surface area contributed by atoms with E-state index in [0.29, 0.717) is 0 Å². The van der Waals surface area contributed by atoms with Gasteiger partial charge in [0.2, 0.25) is 5.90 Å². The number of hydrogen-bond donors (Lipinski definition) is 1. The van der Waals surface area contributed by atoms with Crippen molar-refractivity contribution in [3.63, 3.8) is 0 Å². The van der Waals surface area contributed by atoms with Crippen LogP contribution < -0.4 is 5.32 Å². The van der Waals surface area contributed by atoms with Crippen molar-refractivity contribution in [3.8, 4) is 0 Å². The molecular weight excluding hydrogens is 226 g/mol. The monoisotopic (exact) mass is 245 g/mol. The lowest BCUT2D eigenvalue weighted by molar-refractivity contribution is 0.233. The summed E-state index contributed by atoms with van der Waals surface area (Å²) in [5, 5.41) is 3.37. The molecule has 96 valence electrons. The third-order valence-corrected chi connectivity index (χ3v) is 3.40. The second kappa shape index (κ2) is 5.50. The average Bonchev–Trinajstić information content (AvgIpc) is 2.95. The number of aliphatic imine (C=N–C) groups is 1. The number of ether oxygens (including phenoxy) is 1. The van der Waals surface area contributed by atoms with Gasteiger partial charge in [0, 0.05) is 38.3 Å². The van der Waals surface area contributed by atoms with Gasteiger partial charge in [-0.2, -0.15) is 0 Å². The largest absolute Gasteiger partial charge is 0.476 e. The van der Waals surface area contributed by atoms with Gasteiger partial charge in [-0.25, -0.2) is 4.99 Å². The molecule has 1 saturated heterocycles. The van der Waals surface area contributed by atoms with E-state index in [1.165, 1.54) is 5.56 Å². The molecule has 0 atom stereocenters. The van der Waals surface area contributed by atoms with Crippen molar-refractivity contribution in [1.29, 1.82) is 0 Å². The van der Waals surface area contributed by atoms with Crippen LogP contribution in [0.1, 0.15) is 11.1 Å². The molecule has 0 aliphatic carbocycles. The Morgan fingerprint density at radius 2 is 1.94 bits per heavy atom. The molecule has 3 rings (SSSR count). The van der Waals surface area contributed by atoms with E-state index in [4.69, 9.17) is 4.74 Å². The van der Waals surface area contributed by atoms with Crippen molar-refractivity contribution in [2.75, 3.05) is 39.3 Å². The number of nitrogens with one attached hydrogen (secondary N) is 1. The molecule has 1 aromatic carbocycles. The number of benzene rings is 1. The molecule has 18 heavy (non-hydrogen) atoms. The maximum absolute atomic E-state index is 5.46. The minimum absolute atomic E-state index is 0.720. The van der Waals surface area contributed by atoms with Gasteiger partial charge in [-0.3, -0.25) is 4.90 Å². The summed E-state index contributed by atoms with van der Waals surface area (Å²) in [4.78, 5) is 6.81. The Morgan fingerprint density at radius 1 is 1.17 bits per heavy atom. The van der Waals surface area contributed by atoms with E-state index in [9.17, 15) is 0 Å². The molecule has 2 heterocycles. The predicted molar refractivity (Wildman–Crippen MR) is 71.9 cm³/mol. The summed E-state index contributed by atoms with van der Waals surface area (Å²) < 4.78 is 5.46. The van der Waals surface area contributed by atoms with E-state index in [-0.39, 0.29) is 0 Å². The van der Waals surface area contributed by atoms with Crippen molar-refractivity contribution in [3.05, 3.63) is 35.4 Å². The molecule has 0 unspecified atom stereocenters. The lowest BCUT2D eigenvalue weighted by atomic mass is 10.1. The molecule has 1 aromatic rings. The zero-order valence-electron chi connectivity index (χ0n) is 10.6. The third kappa shape index (κ3) is 2.71. The van der Waals surface area contributed by atoms with E-state index < -0.39 is 0 Å². The minimum Gasteiger partial charge on any atom is -0.476 e. The van der Waals surface area contributed by atoms with Crippen LogP contribution in [0.2, 0.25) is 0 Å². The van der Waals surface area contributed by atoms with Crippen LogP contribution in [0.25, 0.3) is 0 Å². The van der Waals surface area contributed by atoms with Crippen molar-refractivity contribution >= 4 is 5.90 Å². The van der Waals surface area contributed by atoms with Gasteiger partial charge in [0.05, 0.1) is 6.54 Å². The molecule has 2 aliphatic rings. The van der Waals surface area contributed by atoms with Crippen molar-refractivity contribution in [1.82, 2.24) is 10.2 Å². The number of rotatable bonds is 3. The summed E-state index contributed by atoms with van der Waals surface area (Å²) in [6.07, 6.45) is 0. The Balaban J connectivity index is 1.63. The molecule has 1 fully saturated rings. The highest BCUT2D eigenvalue weighted by Gasteiger charge is 2.12. The van der Waals surface area contributed by atoms with Gasteiger partial charge in [0.15, 0.2) is 0 Å². The fraction of sp³-hybridized carbons (Fsp3) is 0.500. The van der Waals surface area contributed by atoms with Gasteiger partial charge < -0.3 is 10.1 Å². The van der Waals surface area contributed by atoms with Crippen LogP contribution in [0.4, 0.5) is 0 Å². The molecule has 0 amide bonds. The maximum atomic E-state index is 5.46. The van der Waals surface area contributed by atoms with Gasteiger partial charge in [0.1, 0.15) is 6.61 Å². The molecule has 1 N–H and O–H groups in total. The lowest BCUT2D eigenvalue weighted by Crippen LogP contribution is -2.42. The van der Waals surface area contributed by atoms with E-state index in [2.05, 4.69) is 39.5 Å². The van der Waals surface area contributed by atoms with Crippen LogP contribution in [0.5, 0.6) is 0 Å². The van der Waals surface area contributed by atoms with Gasteiger partial charge >= 0.3 is 0 Å². The zero-order chi connectivity index (χ0) is 12.2. The first kappa shape index (κ1) is 11.7. The highest BCUT2D eigenvalue weighted by Crippen LogP contribution is 2.11. The SMILES string of the molecule is c1cc(C2=NCCO2)ccc1CN1CCNCC1. The lowest BCUT2D eigenvalue weighted by Gasteiger charge is -2.27. The number of piperazine rings is 1. The Morgan fingerprint density at radius 3 is 2.61 bits per heavy atom. The predicted octanol–water partition coefficient (Wildman–Crippen LogP) is 0.869. The van der Waals surface area contributed by atoms with Crippen LogP contribution in [-0.2, 0) is 11.3 Å². The standard InChI is InChI=1S/C14H19N3O/c1-3-13(14-16-7-10-18-14)4-2-12(1)11-17-8-5-15-6-9-17/h1-4,15H,5-11H2. The second-order valence-corrected chi connectivity index (χ2v) is 4.76. The highest BCUT2D eigenvalue weighted by atomic mass is 16.5. The quantitative estimate of drug-likeness (QED) is 0.858. The van der Waals surface area contributed by atoms with Crippen LogP contribution >= 0.6 is 0 Å². The second-order valence-electron chi connectivity index (χ2n) is 4.76. The Hall–Kier alpha value is -1.39. The normalized spacial score (nSPS) is 20.6. The molecule has 0 spiro atoms. The molecule has 0 radical (unpaired) electrons. The topological polar surface area (TPSA) is 36.9 Å². The first-order valence-corrected chi connectivity index (χ1v) is 6.61. The molecule has 0 aromatic heterocycles. The van der Waals surface area contributed by atoms with Gasteiger partial charge in [-0.1, -0.05) is 12.1 Å². The fourth-order valence-electron chi connectivity index (χ4n) is 2.39. The number of nitrogens with zero attached hydrogens (tertiary/aromatic N) is 2. The molecule has 0 saturated carbocycles. The Labute approximate surface area is 108 Å². The summed E-state index contributed by atoms with van der Waals surface area (Å²) in [5.74, 6) is 0.795. The fourth-order valence-corrected chi connectivity index (χ4v) is 2.39. The molecule has 0 bridgehead atoms. The van der Waals surface area contributed by atoms with Crippen LogP contribution in [0, 0.1) is 0 Å². The Kier molecular flexibility index (Phi) is 3.57. The average molecular weight is 245 g/mol. The van der Waals surface area contributed by atoms with Gasteiger partial charge in [-0.05, 0) is 17.7 Å². The van der Waals surface area contributed by atoms with Crippen LogP contribution in [0.3, 0.4) is 0 Å². The maximum Gasteiger partial charge on any atom is 0.216 e. The van der Waals surface area contributed by atoms with E-state index >= 15 is 0 Å². The summed E-state index contributed by atoms with van der Waals surface area (Å²) >= 11 is 0. The highest BCUT2D eigenvalue weighted by molar-refractivity contribution is 5.94. The molecule has 4 nitrogen and oxygen atoms in total. The summed E-state index contributed by atoms with van der Waals surface area (Å²) in [7, 11) is 0. The molecular formula is C14H19N3O. The van der Waals surface area contributed by atoms with Gasteiger partial charge in [-0.15, -0.1) is 0 Å². The van der Waals surface area contributed by atoms with Crippen LogP contribution in [0.15, 0.2) is 29.3 Å². The van der Waals surface area contributed by atoms with Crippen LogP contribution in [-0.4, -0.2) is 50.1 Å². The van der Waals surface area contributed by atoms with E-state index in [1.807, 2.05) is 0 Å². The third-order valence-electron chi connectivity index (χ3n) is 3.40. The smallest absolute Gasteiger partial charge is 0.216 e. The summed E-state index contributed by atoms with van der Waals surface area (Å²) in [6, 6.07) is 8.59. The van der Waals surface area contributed by atoms with Crippen molar-refractivity contribution in [2.45, 2.75) is 6.54 Å². The number of hydrogen-bond acceptors (Lipinski definition) is 4. The summed E-state index contributed by atoms with van der Waals surface area (Å²) in [5.41, 5.74) is 2.45. The Bertz CT molecular complexity index is 421. The van der Waals surface area contributed by atoms with E-state index in [0.717, 1.165) is 57.3 Å². The van der Waals surface area contributed by atoms with E-state index in [1.54, 1.807) is 0 Å². The summed E-state index contributed by atoms with van der Waals surface area (Å²) in [6.45, 7) is 7.02. The molecule has 2 aliphatic heterocycles. The first-order valence-electron chi connectivity index (χ1n) is 6.61. The first-order chi connectivity index (χ1) is 8.92. The van der Waals surface area contributed by atoms with Crippen molar-refractivity contribution in [2.24, 2.45) is 4.99 Å². The van der Waals surface area contributed by atoms with Crippen molar-refractivity contribution < 1.29 is 4.74 Å². The van der Waals surface area contributed by atoms with Gasteiger partial charge in [0.25, 0.3) is 0 Å². The molecule has 4 heteroatoms. The minimum atomic E-state index is 0.720. The zero-order valence-corrected chi connectivity index (χ0v) is 10.6.